The van der Waals surface area contributed by atoms with Gasteiger partial charge in [-0.2, -0.15) is 13.2 Å². The second kappa shape index (κ2) is 5.91. The molecule has 1 aromatic carbocycles. The number of hydrogen-bond donors (Lipinski definition) is 0. The van der Waals surface area contributed by atoms with Gasteiger partial charge in [0.2, 0.25) is 0 Å². The van der Waals surface area contributed by atoms with Crippen LogP contribution in [0.3, 0.4) is 0 Å². The van der Waals surface area contributed by atoms with Crippen molar-refractivity contribution in [2.45, 2.75) is 38.5 Å². The highest BCUT2D eigenvalue weighted by Crippen LogP contribution is 2.24. The molecule has 0 radical (unpaired) electrons. The highest BCUT2D eigenvalue weighted by atomic mass is 19.4. The first-order valence-corrected chi connectivity index (χ1v) is 7.14. The SMILES string of the molecule is CC(C)(C)c1ccc(C(=O)N2CC(OCC(F)(F)F)C2)cc1. The van der Waals surface area contributed by atoms with E-state index in [1.807, 2.05) is 12.1 Å². The van der Waals surface area contributed by atoms with Gasteiger partial charge in [0, 0.05) is 18.7 Å². The first-order valence-electron chi connectivity index (χ1n) is 7.14. The van der Waals surface area contributed by atoms with E-state index in [1.165, 1.54) is 4.90 Å². The molecule has 1 saturated heterocycles. The first-order chi connectivity index (χ1) is 10.1. The Morgan fingerprint density at radius 1 is 1.18 bits per heavy atom. The molecule has 122 valence electrons. The third-order valence-corrected chi connectivity index (χ3v) is 3.62. The maximum Gasteiger partial charge on any atom is 0.411 e. The van der Waals surface area contributed by atoms with E-state index in [4.69, 9.17) is 4.74 Å². The number of likely N-dealkylation sites (tertiary alicyclic amines) is 1. The van der Waals surface area contributed by atoms with Gasteiger partial charge in [-0.15, -0.1) is 0 Å². The molecule has 0 atom stereocenters. The van der Waals surface area contributed by atoms with E-state index in [0.717, 1.165) is 5.56 Å². The average molecular weight is 315 g/mol. The smallest absolute Gasteiger partial charge is 0.365 e. The Bertz CT molecular complexity index is 526. The second-order valence-electron chi connectivity index (χ2n) is 6.59. The fraction of sp³-hybridized carbons (Fsp3) is 0.562. The van der Waals surface area contributed by atoms with Crippen LogP contribution in [0.25, 0.3) is 0 Å². The van der Waals surface area contributed by atoms with Crippen molar-refractivity contribution >= 4 is 5.91 Å². The summed E-state index contributed by atoms with van der Waals surface area (Å²) in [5.41, 5.74) is 1.68. The summed E-state index contributed by atoms with van der Waals surface area (Å²) >= 11 is 0. The van der Waals surface area contributed by atoms with Crippen LogP contribution in [-0.4, -0.2) is 42.8 Å². The number of rotatable bonds is 3. The minimum Gasteiger partial charge on any atom is -0.365 e. The second-order valence-corrected chi connectivity index (χ2v) is 6.59. The number of benzene rings is 1. The van der Waals surface area contributed by atoms with E-state index in [2.05, 4.69) is 20.8 Å². The van der Waals surface area contributed by atoms with E-state index < -0.39 is 18.9 Å². The van der Waals surface area contributed by atoms with Crippen LogP contribution in [0.5, 0.6) is 0 Å². The number of nitrogens with zero attached hydrogens (tertiary/aromatic N) is 1. The molecule has 1 aliphatic rings. The Hall–Kier alpha value is -1.56. The maximum atomic E-state index is 12.2. The highest BCUT2D eigenvalue weighted by molar-refractivity contribution is 5.94. The number of carbonyl (C=O) groups is 1. The van der Waals surface area contributed by atoms with Crippen LogP contribution in [0.2, 0.25) is 0 Å². The molecule has 22 heavy (non-hydrogen) atoms. The van der Waals surface area contributed by atoms with Crippen LogP contribution in [-0.2, 0) is 10.2 Å². The van der Waals surface area contributed by atoms with Crippen LogP contribution in [0.15, 0.2) is 24.3 Å². The monoisotopic (exact) mass is 315 g/mol. The van der Waals surface area contributed by atoms with Crippen LogP contribution in [0.1, 0.15) is 36.7 Å². The van der Waals surface area contributed by atoms with E-state index in [9.17, 15) is 18.0 Å². The summed E-state index contributed by atoms with van der Waals surface area (Å²) in [5.74, 6) is -0.174. The van der Waals surface area contributed by atoms with Crippen molar-refractivity contribution in [1.29, 1.82) is 0 Å². The zero-order chi connectivity index (χ0) is 16.5. The number of halogens is 3. The molecule has 0 aromatic heterocycles. The van der Waals surface area contributed by atoms with E-state index in [-0.39, 0.29) is 24.4 Å². The van der Waals surface area contributed by atoms with Crippen LogP contribution in [0, 0.1) is 0 Å². The lowest BCUT2D eigenvalue weighted by molar-refractivity contribution is -0.196. The van der Waals surface area contributed by atoms with Crippen LogP contribution < -0.4 is 0 Å². The predicted octanol–water partition coefficient (Wildman–Crippen LogP) is 3.39. The Balaban J connectivity index is 1.87. The van der Waals surface area contributed by atoms with Gasteiger partial charge in [0.15, 0.2) is 0 Å². The molecule has 0 N–H and O–H groups in total. The summed E-state index contributed by atoms with van der Waals surface area (Å²) in [7, 11) is 0. The Labute approximate surface area is 128 Å². The summed E-state index contributed by atoms with van der Waals surface area (Å²) < 4.78 is 40.8. The van der Waals surface area contributed by atoms with Gasteiger partial charge in [-0.05, 0) is 23.1 Å². The molecule has 0 unspecified atom stereocenters. The van der Waals surface area contributed by atoms with Crippen molar-refractivity contribution in [3.8, 4) is 0 Å². The number of carbonyl (C=O) groups excluding carboxylic acids is 1. The predicted molar refractivity (Wildman–Crippen MR) is 76.8 cm³/mol. The van der Waals surface area contributed by atoms with Gasteiger partial charge in [-0.3, -0.25) is 4.79 Å². The molecule has 0 aliphatic carbocycles. The first kappa shape index (κ1) is 16.8. The van der Waals surface area contributed by atoms with Crippen molar-refractivity contribution < 1.29 is 22.7 Å². The molecule has 0 saturated carbocycles. The van der Waals surface area contributed by atoms with Crippen LogP contribution in [0.4, 0.5) is 13.2 Å². The van der Waals surface area contributed by atoms with Gasteiger partial charge in [0.05, 0.1) is 6.10 Å². The average Bonchev–Trinajstić information content (AvgIpc) is 2.34. The van der Waals surface area contributed by atoms with Gasteiger partial charge in [-0.1, -0.05) is 32.9 Å². The molecular weight excluding hydrogens is 295 g/mol. The molecule has 1 aromatic rings. The maximum absolute atomic E-state index is 12.2. The largest absolute Gasteiger partial charge is 0.411 e. The van der Waals surface area contributed by atoms with Crippen LogP contribution >= 0.6 is 0 Å². The van der Waals surface area contributed by atoms with Gasteiger partial charge < -0.3 is 9.64 Å². The standard InChI is InChI=1S/C16H20F3NO2/c1-15(2,3)12-6-4-11(5-7-12)14(21)20-8-13(9-20)22-10-16(17,18)19/h4-7,13H,8-10H2,1-3H3. The van der Waals surface area contributed by atoms with Crippen molar-refractivity contribution in [2.24, 2.45) is 0 Å². The van der Waals surface area contributed by atoms with Gasteiger partial charge >= 0.3 is 6.18 Å². The van der Waals surface area contributed by atoms with E-state index in [0.29, 0.717) is 5.56 Å². The topological polar surface area (TPSA) is 29.5 Å². The molecule has 1 amide bonds. The van der Waals surface area contributed by atoms with E-state index in [1.54, 1.807) is 12.1 Å². The summed E-state index contributed by atoms with van der Waals surface area (Å²) in [4.78, 5) is 13.7. The zero-order valence-corrected chi connectivity index (χ0v) is 12.9. The lowest BCUT2D eigenvalue weighted by Gasteiger charge is -2.39. The molecule has 0 spiro atoms. The van der Waals surface area contributed by atoms with E-state index >= 15 is 0 Å². The lowest BCUT2D eigenvalue weighted by Crippen LogP contribution is -2.55. The van der Waals surface area contributed by atoms with Gasteiger partial charge in [-0.25, -0.2) is 0 Å². The molecule has 1 aliphatic heterocycles. The Kier molecular flexibility index (Phi) is 4.52. The van der Waals surface area contributed by atoms with Crippen molar-refractivity contribution in [1.82, 2.24) is 4.90 Å². The summed E-state index contributed by atoms with van der Waals surface area (Å²) in [6, 6.07) is 7.33. The zero-order valence-electron chi connectivity index (χ0n) is 12.9. The molecule has 2 rings (SSSR count). The normalized spacial score (nSPS) is 16.5. The number of amides is 1. The van der Waals surface area contributed by atoms with Crippen molar-refractivity contribution in [3.63, 3.8) is 0 Å². The third-order valence-electron chi connectivity index (χ3n) is 3.62. The summed E-state index contributed by atoms with van der Waals surface area (Å²) in [6.45, 7) is 5.40. The minimum atomic E-state index is -4.33. The van der Waals surface area contributed by atoms with Gasteiger partial charge in [0.1, 0.15) is 6.61 Å². The molecule has 1 heterocycles. The number of ether oxygens (including phenoxy) is 1. The summed E-state index contributed by atoms with van der Waals surface area (Å²) in [5, 5.41) is 0. The minimum absolute atomic E-state index is 0.00879. The Morgan fingerprint density at radius 3 is 2.18 bits per heavy atom. The Morgan fingerprint density at radius 2 is 1.73 bits per heavy atom. The number of alkyl halides is 3. The quantitative estimate of drug-likeness (QED) is 0.856. The molecule has 3 nitrogen and oxygen atoms in total. The highest BCUT2D eigenvalue weighted by Gasteiger charge is 2.36. The molecule has 0 bridgehead atoms. The fourth-order valence-corrected chi connectivity index (χ4v) is 2.22. The molecule has 6 heteroatoms. The molecule has 1 fully saturated rings. The molecular formula is C16H20F3NO2. The van der Waals surface area contributed by atoms with Crippen molar-refractivity contribution in [3.05, 3.63) is 35.4 Å². The lowest BCUT2D eigenvalue weighted by atomic mass is 9.86. The summed E-state index contributed by atoms with van der Waals surface area (Å²) in [6.07, 6.45) is -4.85. The third kappa shape index (κ3) is 4.22. The van der Waals surface area contributed by atoms with Crippen molar-refractivity contribution in [2.75, 3.05) is 19.7 Å². The number of hydrogen-bond acceptors (Lipinski definition) is 2. The fourth-order valence-electron chi connectivity index (χ4n) is 2.22. The van der Waals surface area contributed by atoms with Gasteiger partial charge in [0.25, 0.3) is 5.91 Å².